The van der Waals surface area contributed by atoms with E-state index >= 15 is 0 Å². The van der Waals surface area contributed by atoms with Gasteiger partial charge in [0.05, 0.1) is 32.7 Å². The Kier molecular flexibility index (Phi) is 6.34. The molecule has 3 rings (SSSR count). The number of hydrogen-bond donors (Lipinski definition) is 2. The summed E-state index contributed by atoms with van der Waals surface area (Å²) >= 11 is 0. The highest BCUT2D eigenvalue weighted by molar-refractivity contribution is 6.02. The van der Waals surface area contributed by atoms with Crippen LogP contribution in [-0.2, 0) is 4.74 Å². The van der Waals surface area contributed by atoms with E-state index in [0.29, 0.717) is 11.5 Å². The van der Waals surface area contributed by atoms with Crippen LogP contribution < -0.4 is 15.4 Å². The van der Waals surface area contributed by atoms with Crippen molar-refractivity contribution in [1.82, 2.24) is 14.9 Å². The van der Waals surface area contributed by atoms with Crippen molar-refractivity contribution in [2.75, 3.05) is 57.1 Å². The Morgan fingerprint density at radius 3 is 2.62 bits per heavy atom. The molecule has 0 spiro atoms. The van der Waals surface area contributed by atoms with Gasteiger partial charge in [0, 0.05) is 31.9 Å². The normalized spacial score (nSPS) is 14.7. The standard InChI is InChI=1S/C18H23N5O3/c1-25-15-4-2-14(3-5-15)22-18(24)16-12-21-17(13-20-16)19-6-7-23-8-10-26-11-9-23/h2-5,12-13H,6-11H2,1H3,(H,19,21)(H,22,24). The highest BCUT2D eigenvalue weighted by Gasteiger charge is 2.11. The van der Waals surface area contributed by atoms with E-state index in [1.54, 1.807) is 37.6 Å². The maximum Gasteiger partial charge on any atom is 0.275 e. The van der Waals surface area contributed by atoms with Crippen LogP contribution in [0.15, 0.2) is 36.7 Å². The van der Waals surface area contributed by atoms with Crippen LogP contribution in [0.25, 0.3) is 0 Å². The molecule has 1 amide bonds. The lowest BCUT2D eigenvalue weighted by Crippen LogP contribution is -2.39. The van der Waals surface area contributed by atoms with Crippen molar-refractivity contribution in [2.24, 2.45) is 0 Å². The maximum absolute atomic E-state index is 12.2. The van der Waals surface area contributed by atoms with Crippen molar-refractivity contribution in [1.29, 1.82) is 0 Å². The second-order valence-electron chi connectivity index (χ2n) is 5.85. The molecule has 138 valence electrons. The first-order valence-corrected chi connectivity index (χ1v) is 8.56. The number of rotatable bonds is 7. The van der Waals surface area contributed by atoms with Crippen LogP contribution in [0.5, 0.6) is 5.75 Å². The smallest absolute Gasteiger partial charge is 0.275 e. The minimum Gasteiger partial charge on any atom is -0.497 e. The van der Waals surface area contributed by atoms with Gasteiger partial charge in [-0.3, -0.25) is 9.69 Å². The molecule has 26 heavy (non-hydrogen) atoms. The molecular weight excluding hydrogens is 334 g/mol. The highest BCUT2D eigenvalue weighted by Crippen LogP contribution is 2.15. The van der Waals surface area contributed by atoms with Gasteiger partial charge in [-0.05, 0) is 24.3 Å². The molecule has 1 aromatic heterocycles. The number of carbonyl (C=O) groups excluding carboxylic acids is 1. The van der Waals surface area contributed by atoms with Gasteiger partial charge in [-0.2, -0.15) is 0 Å². The number of hydrogen-bond acceptors (Lipinski definition) is 7. The van der Waals surface area contributed by atoms with Crippen LogP contribution in [0.2, 0.25) is 0 Å². The molecule has 2 heterocycles. The van der Waals surface area contributed by atoms with Crippen LogP contribution in [0.1, 0.15) is 10.5 Å². The number of nitrogens with one attached hydrogen (secondary N) is 2. The molecule has 0 saturated carbocycles. The van der Waals surface area contributed by atoms with Crippen LogP contribution in [-0.4, -0.2) is 67.3 Å². The monoisotopic (exact) mass is 357 g/mol. The average molecular weight is 357 g/mol. The van der Waals surface area contributed by atoms with Crippen LogP contribution in [0.3, 0.4) is 0 Å². The fourth-order valence-electron chi connectivity index (χ4n) is 2.57. The first-order valence-electron chi connectivity index (χ1n) is 8.56. The summed E-state index contributed by atoms with van der Waals surface area (Å²) in [5, 5.41) is 6.00. The Hall–Kier alpha value is -2.71. The number of methoxy groups -OCH3 is 1. The summed E-state index contributed by atoms with van der Waals surface area (Å²) < 4.78 is 10.4. The van der Waals surface area contributed by atoms with Crippen molar-refractivity contribution < 1.29 is 14.3 Å². The summed E-state index contributed by atoms with van der Waals surface area (Å²) in [4.78, 5) is 23.0. The van der Waals surface area contributed by atoms with E-state index in [-0.39, 0.29) is 11.6 Å². The van der Waals surface area contributed by atoms with Gasteiger partial charge in [0.2, 0.25) is 0 Å². The van der Waals surface area contributed by atoms with Crippen LogP contribution >= 0.6 is 0 Å². The summed E-state index contributed by atoms with van der Waals surface area (Å²) in [5.41, 5.74) is 0.935. The zero-order valence-corrected chi connectivity index (χ0v) is 14.8. The van der Waals surface area contributed by atoms with Crippen molar-refractivity contribution in [3.63, 3.8) is 0 Å². The molecule has 2 N–H and O–H groups in total. The molecule has 0 radical (unpaired) electrons. The number of nitrogens with zero attached hydrogens (tertiary/aromatic N) is 3. The topological polar surface area (TPSA) is 88.6 Å². The summed E-state index contributed by atoms with van der Waals surface area (Å²) in [6.07, 6.45) is 3.04. The van der Waals surface area contributed by atoms with E-state index in [1.165, 1.54) is 6.20 Å². The van der Waals surface area contributed by atoms with E-state index in [0.717, 1.165) is 45.1 Å². The molecule has 0 bridgehead atoms. The predicted octanol–water partition coefficient (Wildman–Crippen LogP) is 1.48. The Morgan fingerprint density at radius 1 is 1.19 bits per heavy atom. The number of aromatic nitrogens is 2. The lowest BCUT2D eigenvalue weighted by molar-refractivity contribution is 0.0398. The van der Waals surface area contributed by atoms with Gasteiger partial charge in [0.25, 0.3) is 5.91 Å². The number of benzene rings is 1. The molecule has 1 saturated heterocycles. The molecule has 0 aliphatic carbocycles. The number of ether oxygens (including phenoxy) is 2. The third kappa shape index (κ3) is 5.14. The largest absolute Gasteiger partial charge is 0.497 e. The van der Waals surface area contributed by atoms with Crippen LogP contribution in [0.4, 0.5) is 11.5 Å². The molecule has 8 nitrogen and oxygen atoms in total. The lowest BCUT2D eigenvalue weighted by atomic mass is 10.3. The Balaban J connectivity index is 1.47. The molecule has 8 heteroatoms. The van der Waals surface area contributed by atoms with Crippen LogP contribution in [0, 0.1) is 0 Å². The van der Waals surface area contributed by atoms with Gasteiger partial charge in [0.15, 0.2) is 0 Å². The van der Waals surface area contributed by atoms with E-state index in [4.69, 9.17) is 9.47 Å². The van der Waals surface area contributed by atoms with Crippen molar-refractivity contribution >= 4 is 17.4 Å². The molecule has 1 fully saturated rings. The lowest BCUT2D eigenvalue weighted by Gasteiger charge is -2.26. The third-order valence-corrected chi connectivity index (χ3v) is 4.07. The predicted molar refractivity (Wildman–Crippen MR) is 98.7 cm³/mol. The van der Waals surface area contributed by atoms with Gasteiger partial charge < -0.3 is 20.1 Å². The Labute approximate surface area is 152 Å². The zero-order chi connectivity index (χ0) is 18.2. The number of morpholine rings is 1. The molecule has 1 aliphatic rings. The highest BCUT2D eigenvalue weighted by atomic mass is 16.5. The molecule has 1 aromatic carbocycles. The summed E-state index contributed by atoms with van der Waals surface area (Å²) in [6.45, 7) is 5.18. The Bertz CT molecular complexity index is 700. The fourth-order valence-corrected chi connectivity index (χ4v) is 2.57. The van der Waals surface area contributed by atoms with Gasteiger partial charge in [0.1, 0.15) is 17.3 Å². The minimum absolute atomic E-state index is 0.263. The summed E-state index contributed by atoms with van der Waals surface area (Å²) in [6, 6.07) is 7.10. The third-order valence-electron chi connectivity index (χ3n) is 4.07. The first-order chi connectivity index (χ1) is 12.7. The van der Waals surface area contributed by atoms with Crippen molar-refractivity contribution in [3.8, 4) is 5.75 Å². The SMILES string of the molecule is COc1ccc(NC(=O)c2cnc(NCCN3CCOCC3)cn2)cc1. The number of anilines is 2. The number of amides is 1. The van der Waals surface area contributed by atoms with E-state index in [9.17, 15) is 4.79 Å². The molecule has 2 aromatic rings. The van der Waals surface area contributed by atoms with Gasteiger partial charge in [-0.1, -0.05) is 0 Å². The van der Waals surface area contributed by atoms with E-state index < -0.39 is 0 Å². The van der Waals surface area contributed by atoms with Gasteiger partial charge in [-0.25, -0.2) is 9.97 Å². The molecule has 0 unspecified atom stereocenters. The zero-order valence-electron chi connectivity index (χ0n) is 14.8. The Morgan fingerprint density at radius 2 is 1.96 bits per heavy atom. The van der Waals surface area contributed by atoms with Gasteiger partial charge >= 0.3 is 0 Å². The first kappa shape index (κ1) is 18.1. The van der Waals surface area contributed by atoms with Gasteiger partial charge in [-0.15, -0.1) is 0 Å². The second kappa shape index (κ2) is 9.12. The quantitative estimate of drug-likeness (QED) is 0.776. The molecular formula is C18H23N5O3. The van der Waals surface area contributed by atoms with E-state index in [2.05, 4.69) is 25.5 Å². The molecule has 0 atom stereocenters. The second-order valence-corrected chi connectivity index (χ2v) is 5.85. The number of carbonyl (C=O) groups is 1. The maximum atomic E-state index is 12.2. The van der Waals surface area contributed by atoms with E-state index in [1.807, 2.05) is 0 Å². The fraction of sp³-hybridized carbons (Fsp3) is 0.389. The summed E-state index contributed by atoms with van der Waals surface area (Å²) in [5.74, 6) is 1.08. The average Bonchev–Trinajstić information content (AvgIpc) is 2.70. The van der Waals surface area contributed by atoms with Crippen molar-refractivity contribution in [2.45, 2.75) is 0 Å². The van der Waals surface area contributed by atoms with Crippen molar-refractivity contribution in [3.05, 3.63) is 42.4 Å². The minimum atomic E-state index is -0.303. The molecule has 1 aliphatic heterocycles. The summed E-state index contributed by atoms with van der Waals surface area (Å²) in [7, 11) is 1.60.